The second-order valence-electron chi connectivity index (χ2n) is 7.06. The van der Waals surface area contributed by atoms with E-state index in [1.165, 1.54) is 30.4 Å². The predicted octanol–water partition coefficient (Wildman–Crippen LogP) is 5.44. The van der Waals surface area contributed by atoms with E-state index in [1.54, 1.807) is 36.9 Å². The van der Waals surface area contributed by atoms with Gasteiger partial charge in [0, 0.05) is 16.3 Å². The van der Waals surface area contributed by atoms with Crippen LogP contribution in [0.4, 0.5) is 5.69 Å². The van der Waals surface area contributed by atoms with Crippen molar-refractivity contribution in [3.05, 3.63) is 89.0 Å². The Hall–Kier alpha value is -2.77. The average molecular weight is 456 g/mol. The van der Waals surface area contributed by atoms with Crippen molar-refractivity contribution in [1.29, 1.82) is 0 Å². The van der Waals surface area contributed by atoms with Crippen LogP contribution in [0.3, 0.4) is 0 Å². The van der Waals surface area contributed by atoms with Crippen molar-refractivity contribution in [2.24, 2.45) is 0 Å². The molecule has 0 atom stereocenters. The molecule has 7 heteroatoms. The molecule has 0 saturated carbocycles. The van der Waals surface area contributed by atoms with Gasteiger partial charge < -0.3 is 4.74 Å². The number of hydrogen-bond donors (Lipinski definition) is 1. The summed E-state index contributed by atoms with van der Waals surface area (Å²) in [4.78, 5) is 12.9. The van der Waals surface area contributed by atoms with Crippen molar-refractivity contribution >= 4 is 33.4 Å². The summed E-state index contributed by atoms with van der Waals surface area (Å²) in [7, 11) is -2.57. The van der Waals surface area contributed by atoms with Gasteiger partial charge in [-0.05, 0) is 66.4 Å². The smallest absolute Gasteiger partial charge is 0.338 e. The molecule has 3 rings (SSSR count). The largest absolute Gasteiger partial charge is 0.465 e. The van der Waals surface area contributed by atoms with Crippen LogP contribution in [0.1, 0.15) is 34.0 Å². The lowest BCUT2D eigenvalue weighted by atomic mass is 10.1. The third kappa shape index (κ3) is 5.89. The number of anilines is 1. The molecular weight excluding hydrogens is 430 g/mol. The van der Waals surface area contributed by atoms with Crippen molar-refractivity contribution < 1.29 is 17.9 Å². The summed E-state index contributed by atoms with van der Waals surface area (Å²) in [6.45, 7) is 3.86. The highest BCUT2D eigenvalue weighted by molar-refractivity contribution is 7.98. The molecular formula is C24H25NO4S2. The van der Waals surface area contributed by atoms with Crippen LogP contribution >= 0.6 is 11.8 Å². The highest BCUT2D eigenvalue weighted by Gasteiger charge is 2.18. The van der Waals surface area contributed by atoms with Crippen LogP contribution in [0.15, 0.2) is 76.5 Å². The maximum atomic E-state index is 12.8. The summed E-state index contributed by atoms with van der Waals surface area (Å²) in [6.07, 6.45) is 1.03. The Morgan fingerprint density at radius 1 is 0.968 bits per heavy atom. The first-order valence-electron chi connectivity index (χ1n) is 9.85. The molecule has 3 aromatic carbocycles. The first kappa shape index (κ1) is 22.9. The van der Waals surface area contributed by atoms with Crippen LogP contribution in [0.2, 0.25) is 0 Å². The fourth-order valence-corrected chi connectivity index (χ4v) is 4.91. The standard InChI is InChI=1S/C24H25NO4S2/c1-4-18-6-8-19(9-7-18)16-30-21-12-10-20(11-13-21)25-31(27,28)22-14-5-17(2)23(15-22)24(26)29-3/h5-15,25H,4,16H2,1-3H3. The molecule has 0 aliphatic carbocycles. The Morgan fingerprint density at radius 2 is 1.61 bits per heavy atom. The van der Waals surface area contributed by atoms with E-state index in [9.17, 15) is 13.2 Å². The second kappa shape index (κ2) is 10.0. The van der Waals surface area contributed by atoms with E-state index in [-0.39, 0.29) is 10.5 Å². The fraction of sp³-hybridized carbons (Fsp3) is 0.208. The van der Waals surface area contributed by atoms with Crippen LogP contribution in [-0.2, 0) is 26.9 Å². The minimum atomic E-state index is -3.83. The van der Waals surface area contributed by atoms with Crippen LogP contribution in [0, 0.1) is 6.92 Å². The molecule has 0 amide bonds. The van der Waals surface area contributed by atoms with Gasteiger partial charge in [-0.3, -0.25) is 4.72 Å². The third-order valence-corrected chi connectivity index (χ3v) is 7.33. The van der Waals surface area contributed by atoms with Crippen LogP contribution < -0.4 is 4.72 Å². The minimum absolute atomic E-state index is 0.00692. The zero-order valence-electron chi connectivity index (χ0n) is 17.7. The molecule has 0 saturated heterocycles. The molecule has 0 unspecified atom stereocenters. The summed E-state index contributed by atoms with van der Waals surface area (Å²) in [5.74, 6) is 0.273. The lowest BCUT2D eigenvalue weighted by Crippen LogP contribution is -2.14. The number of carbonyl (C=O) groups is 1. The van der Waals surface area contributed by atoms with Gasteiger partial charge >= 0.3 is 5.97 Å². The lowest BCUT2D eigenvalue weighted by Gasteiger charge is -2.11. The van der Waals surface area contributed by atoms with Crippen LogP contribution in [0.25, 0.3) is 0 Å². The number of esters is 1. The molecule has 0 aliphatic rings. The quantitative estimate of drug-likeness (QED) is 0.362. The van der Waals surface area contributed by atoms with Crippen LogP contribution in [-0.4, -0.2) is 21.5 Å². The van der Waals surface area contributed by atoms with Crippen molar-refractivity contribution in [3.8, 4) is 0 Å². The van der Waals surface area contributed by atoms with Gasteiger partial charge in [0.2, 0.25) is 0 Å². The lowest BCUT2D eigenvalue weighted by molar-refractivity contribution is 0.0599. The second-order valence-corrected chi connectivity index (χ2v) is 9.79. The number of carbonyl (C=O) groups excluding carboxylic acids is 1. The predicted molar refractivity (Wildman–Crippen MR) is 125 cm³/mol. The molecule has 0 radical (unpaired) electrons. The number of sulfonamides is 1. The highest BCUT2D eigenvalue weighted by Crippen LogP contribution is 2.26. The van der Waals surface area contributed by atoms with Gasteiger partial charge in [0.1, 0.15) is 0 Å². The first-order chi connectivity index (χ1) is 14.8. The van der Waals surface area contributed by atoms with Crippen molar-refractivity contribution in [3.63, 3.8) is 0 Å². The van der Waals surface area contributed by atoms with Gasteiger partial charge in [0.25, 0.3) is 10.0 Å². The van der Waals surface area contributed by atoms with Crippen molar-refractivity contribution in [2.75, 3.05) is 11.8 Å². The molecule has 0 bridgehead atoms. The van der Waals surface area contributed by atoms with Gasteiger partial charge in [0.05, 0.1) is 17.6 Å². The minimum Gasteiger partial charge on any atom is -0.465 e. The number of benzene rings is 3. The highest BCUT2D eigenvalue weighted by atomic mass is 32.2. The SMILES string of the molecule is CCc1ccc(CSc2ccc(NS(=O)(=O)c3ccc(C)c(C(=O)OC)c3)cc2)cc1. The van der Waals surface area contributed by atoms with Gasteiger partial charge in [-0.1, -0.05) is 37.3 Å². The molecule has 31 heavy (non-hydrogen) atoms. The molecule has 0 heterocycles. The van der Waals surface area contributed by atoms with E-state index >= 15 is 0 Å². The van der Waals surface area contributed by atoms with E-state index in [1.807, 2.05) is 12.1 Å². The number of aryl methyl sites for hydroxylation is 2. The number of rotatable bonds is 8. The number of thioether (sulfide) groups is 1. The van der Waals surface area contributed by atoms with E-state index < -0.39 is 16.0 Å². The topological polar surface area (TPSA) is 72.5 Å². The third-order valence-electron chi connectivity index (χ3n) is 4.87. The molecule has 0 spiro atoms. The summed E-state index contributed by atoms with van der Waals surface area (Å²) >= 11 is 1.69. The average Bonchev–Trinajstić information content (AvgIpc) is 2.78. The molecule has 5 nitrogen and oxygen atoms in total. The van der Waals surface area contributed by atoms with Crippen LogP contribution in [0.5, 0.6) is 0 Å². The van der Waals surface area contributed by atoms with E-state index in [0.717, 1.165) is 17.1 Å². The Morgan fingerprint density at radius 3 is 2.23 bits per heavy atom. The normalized spacial score (nSPS) is 11.2. The van der Waals surface area contributed by atoms with Crippen molar-refractivity contribution in [1.82, 2.24) is 0 Å². The van der Waals surface area contributed by atoms with E-state index in [4.69, 9.17) is 4.74 Å². The fourth-order valence-electron chi connectivity index (χ4n) is 2.97. The number of methoxy groups -OCH3 is 1. The molecule has 1 N–H and O–H groups in total. The van der Waals surface area contributed by atoms with Gasteiger partial charge in [0.15, 0.2) is 0 Å². The Bertz CT molecular complexity index is 1160. The molecule has 0 fully saturated rings. The van der Waals surface area contributed by atoms with Gasteiger partial charge in [-0.25, -0.2) is 13.2 Å². The summed E-state index contributed by atoms with van der Waals surface area (Å²) < 4.78 is 32.8. The summed E-state index contributed by atoms with van der Waals surface area (Å²) in [5, 5.41) is 0. The maximum Gasteiger partial charge on any atom is 0.338 e. The monoisotopic (exact) mass is 455 g/mol. The van der Waals surface area contributed by atoms with Gasteiger partial charge in [-0.15, -0.1) is 11.8 Å². The van der Waals surface area contributed by atoms with E-state index in [2.05, 4.69) is 35.9 Å². The summed E-state index contributed by atoms with van der Waals surface area (Å²) in [5.41, 5.74) is 3.89. The Kier molecular flexibility index (Phi) is 7.41. The van der Waals surface area contributed by atoms with Crippen molar-refractivity contribution in [2.45, 2.75) is 35.8 Å². The van der Waals surface area contributed by atoms with Gasteiger partial charge in [-0.2, -0.15) is 0 Å². The zero-order chi connectivity index (χ0) is 22.4. The first-order valence-corrected chi connectivity index (χ1v) is 12.3. The number of hydrogen-bond acceptors (Lipinski definition) is 5. The molecule has 162 valence electrons. The number of nitrogens with one attached hydrogen (secondary N) is 1. The Labute approximate surface area is 187 Å². The molecule has 3 aromatic rings. The zero-order valence-corrected chi connectivity index (χ0v) is 19.3. The molecule has 0 aliphatic heterocycles. The number of ether oxygens (including phenoxy) is 1. The Balaban J connectivity index is 1.67. The maximum absolute atomic E-state index is 12.8. The summed E-state index contributed by atoms with van der Waals surface area (Å²) in [6, 6.07) is 20.2. The molecule has 0 aromatic heterocycles. The van der Waals surface area contributed by atoms with E-state index in [0.29, 0.717) is 11.3 Å².